The number of hydrogen-bond donors (Lipinski definition) is 1. The lowest BCUT2D eigenvalue weighted by molar-refractivity contribution is -0.163. The van der Waals surface area contributed by atoms with Crippen LogP contribution in [-0.2, 0) is 16.6 Å². The molecule has 1 N–H and O–H groups in total. The van der Waals surface area contributed by atoms with Gasteiger partial charge in [-0.25, -0.2) is 0 Å². The van der Waals surface area contributed by atoms with Gasteiger partial charge in [0.05, 0.1) is 23.9 Å². The molecule has 0 saturated carbocycles. The van der Waals surface area contributed by atoms with Gasteiger partial charge in [-0.05, 0) is 51.1 Å². The fraction of sp³-hybridized carbons (Fsp3) is 0.524. The number of rotatable bonds is 3. The van der Waals surface area contributed by atoms with E-state index >= 15 is 0 Å². The van der Waals surface area contributed by atoms with E-state index in [1.54, 1.807) is 7.11 Å². The van der Waals surface area contributed by atoms with Crippen LogP contribution in [0.1, 0.15) is 30.9 Å². The van der Waals surface area contributed by atoms with Crippen molar-refractivity contribution in [2.24, 2.45) is 0 Å². The largest absolute Gasteiger partial charge is 0.493 e. The van der Waals surface area contributed by atoms with Gasteiger partial charge in [0, 0.05) is 18.0 Å². The molecule has 1 fully saturated rings. The Balaban J connectivity index is 1.79. The minimum atomic E-state index is -0.878. The molecule has 2 aliphatic heterocycles. The zero-order valence-electron chi connectivity index (χ0n) is 15.5. The van der Waals surface area contributed by atoms with E-state index in [0.29, 0.717) is 12.2 Å². The Kier molecular flexibility index (Phi) is 3.15. The SMILES string of the molecule is C=C(C)OC1=CCC2(O)C3Cc4ccc(OC)c5c4C2(CCN3C)C1O5. The van der Waals surface area contributed by atoms with Gasteiger partial charge >= 0.3 is 0 Å². The fourth-order valence-electron chi connectivity index (χ4n) is 5.79. The summed E-state index contributed by atoms with van der Waals surface area (Å²) < 4.78 is 18.0. The van der Waals surface area contributed by atoms with E-state index in [-0.39, 0.29) is 12.1 Å². The second-order valence-electron chi connectivity index (χ2n) is 8.09. The third-order valence-electron chi connectivity index (χ3n) is 6.85. The summed E-state index contributed by atoms with van der Waals surface area (Å²) in [6, 6.07) is 4.18. The van der Waals surface area contributed by atoms with Crippen LogP contribution in [0.25, 0.3) is 0 Å². The monoisotopic (exact) mass is 355 g/mol. The van der Waals surface area contributed by atoms with E-state index < -0.39 is 11.0 Å². The first-order valence-electron chi connectivity index (χ1n) is 9.25. The summed E-state index contributed by atoms with van der Waals surface area (Å²) >= 11 is 0. The van der Waals surface area contributed by atoms with Crippen molar-refractivity contribution in [3.05, 3.63) is 47.4 Å². The van der Waals surface area contributed by atoms with Gasteiger partial charge in [0.1, 0.15) is 5.76 Å². The van der Waals surface area contributed by atoms with Gasteiger partial charge in [-0.15, -0.1) is 0 Å². The molecule has 5 nitrogen and oxygen atoms in total. The summed E-state index contributed by atoms with van der Waals surface area (Å²) in [7, 11) is 3.77. The molecule has 5 rings (SSSR count). The van der Waals surface area contributed by atoms with E-state index in [2.05, 4.69) is 24.6 Å². The number of allylic oxidation sites excluding steroid dienone is 1. The van der Waals surface area contributed by atoms with E-state index in [9.17, 15) is 5.11 Å². The smallest absolute Gasteiger partial charge is 0.168 e. The van der Waals surface area contributed by atoms with Gasteiger partial charge < -0.3 is 24.2 Å². The molecule has 0 aromatic heterocycles. The van der Waals surface area contributed by atoms with Crippen molar-refractivity contribution in [2.75, 3.05) is 20.7 Å². The summed E-state index contributed by atoms with van der Waals surface area (Å²) in [5.74, 6) is 2.89. The van der Waals surface area contributed by atoms with Crippen LogP contribution in [0.4, 0.5) is 0 Å². The van der Waals surface area contributed by atoms with E-state index in [4.69, 9.17) is 14.2 Å². The number of piperidine rings is 1. The van der Waals surface area contributed by atoms with E-state index in [1.165, 1.54) is 5.56 Å². The van der Waals surface area contributed by atoms with Gasteiger partial charge in [0.15, 0.2) is 17.6 Å². The highest BCUT2D eigenvalue weighted by molar-refractivity contribution is 5.64. The van der Waals surface area contributed by atoms with Gasteiger partial charge in [-0.3, -0.25) is 0 Å². The summed E-state index contributed by atoms with van der Waals surface area (Å²) in [6.45, 7) is 6.65. The third kappa shape index (κ3) is 1.68. The molecule has 2 aliphatic carbocycles. The number of likely N-dealkylation sites (tertiary alicyclic amines) is 1. The summed E-state index contributed by atoms with van der Waals surface area (Å²) in [5, 5.41) is 12.0. The Morgan fingerprint density at radius 1 is 1.42 bits per heavy atom. The summed E-state index contributed by atoms with van der Waals surface area (Å²) in [4.78, 5) is 2.30. The molecule has 2 heterocycles. The molecule has 138 valence electrons. The average Bonchev–Trinajstić information content (AvgIpc) is 2.95. The maximum Gasteiger partial charge on any atom is 0.168 e. The van der Waals surface area contributed by atoms with Gasteiger partial charge in [0.25, 0.3) is 0 Å². The number of nitrogens with zero attached hydrogens (tertiary/aromatic N) is 1. The molecule has 1 aromatic carbocycles. The van der Waals surface area contributed by atoms with Crippen LogP contribution < -0.4 is 9.47 Å². The van der Waals surface area contributed by atoms with Crippen LogP contribution in [0.5, 0.6) is 11.5 Å². The molecule has 2 bridgehead atoms. The number of methoxy groups -OCH3 is 1. The van der Waals surface area contributed by atoms with Crippen molar-refractivity contribution in [3.8, 4) is 11.5 Å². The van der Waals surface area contributed by atoms with Gasteiger partial charge in [-0.1, -0.05) is 12.6 Å². The minimum absolute atomic E-state index is 0.0665. The molecule has 4 atom stereocenters. The lowest BCUT2D eigenvalue weighted by Gasteiger charge is -2.61. The molecule has 1 aromatic rings. The Morgan fingerprint density at radius 2 is 2.23 bits per heavy atom. The molecule has 26 heavy (non-hydrogen) atoms. The van der Waals surface area contributed by atoms with Gasteiger partial charge in [-0.2, -0.15) is 0 Å². The number of likely N-dealkylation sites (N-methyl/N-ethyl adjacent to an activating group) is 1. The molecule has 0 radical (unpaired) electrons. The van der Waals surface area contributed by atoms with Crippen molar-refractivity contribution in [3.63, 3.8) is 0 Å². The van der Waals surface area contributed by atoms with E-state index in [0.717, 1.165) is 42.2 Å². The predicted molar refractivity (Wildman–Crippen MR) is 97.4 cm³/mol. The van der Waals surface area contributed by atoms with Crippen LogP contribution in [-0.4, -0.2) is 48.5 Å². The molecule has 0 amide bonds. The second kappa shape index (κ2) is 5.05. The van der Waals surface area contributed by atoms with Crippen molar-refractivity contribution in [1.29, 1.82) is 0 Å². The topological polar surface area (TPSA) is 51.2 Å². The number of aliphatic hydroxyl groups is 1. The number of hydrogen-bond acceptors (Lipinski definition) is 5. The van der Waals surface area contributed by atoms with Crippen LogP contribution >= 0.6 is 0 Å². The van der Waals surface area contributed by atoms with Crippen molar-refractivity contribution in [2.45, 2.75) is 49.3 Å². The molecule has 4 unspecified atom stereocenters. The van der Waals surface area contributed by atoms with Crippen molar-refractivity contribution in [1.82, 2.24) is 4.90 Å². The second-order valence-corrected chi connectivity index (χ2v) is 8.09. The van der Waals surface area contributed by atoms with Crippen LogP contribution in [0.15, 0.2) is 36.3 Å². The quantitative estimate of drug-likeness (QED) is 0.845. The first kappa shape index (κ1) is 16.2. The number of ether oxygens (including phenoxy) is 3. The van der Waals surface area contributed by atoms with Crippen LogP contribution in [0.2, 0.25) is 0 Å². The standard InChI is InChI=1S/C21H25NO4/c1-12(2)25-15-7-8-21(23)16-11-13-5-6-14(24-4)18-17(13)20(21,19(15)26-18)9-10-22(16)3/h5-7,16,19,23H,1,8-11H2,2-4H3. The highest BCUT2D eigenvalue weighted by Gasteiger charge is 2.71. The lowest BCUT2D eigenvalue weighted by Crippen LogP contribution is -2.74. The average molecular weight is 355 g/mol. The Morgan fingerprint density at radius 3 is 2.96 bits per heavy atom. The fourth-order valence-corrected chi connectivity index (χ4v) is 5.79. The van der Waals surface area contributed by atoms with Gasteiger partial charge in [0.2, 0.25) is 0 Å². The maximum atomic E-state index is 12.0. The summed E-state index contributed by atoms with van der Waals surface area (Å²) in [5.41, 5.74) is 1.00. The van der Waals surface area contributed by atoms with Crippen LogP contribution in [0.3, 0.4) is 0 Å². The lowest BCUT2D eigenvalue weighted by atomic mass is 9.50. The van der Waals surface area contributed by atoms with Crippen LogP contribution in [0, 0.1) is 0 Å². The molecular formula is C21H25NO4. The summed E-state index contributed by atoms with van der Waals surface area (Å²) in [6.07, 6.45) is 3.85. The molecule has 5 heteroatoms. The molecule has 4 aliphatic rings. The zero-order valence-corrected chi connectivity index (χ0v) is 15.5. The zero-order chi connectivity index (χ0) is 18.3. The number of benzene rings is 1. The molecule has 1 spiro atoms. The first-order valence-corrected chi connectivity index (χ1v) is 9.25. The first-order chi connectivity index (χ1) is 12.4. The van der Waals surface area contributed by atoms with Crippen molar-refractivity contribution < 1.29 is 19.3 Å². The predicted octanol–water partition coefficient (Wildman–Crippen LogP) is 2.52. The molecule has 1 saturated heterocycles. The Labute approximate surface area is 153 Å². The highest BCUT2D eigenvalue weighted by atomic mass is 16.6. The van der Waals surface area contributed by atoms with Crippen molar-refractivity contribution >= 4 is 0 Å². The molecular weight excluding hydrogens is 330 g/mol. The Bertz CT molecular complexity index is 847. The maximum absolute atomic E-state index is 12.0. The third-order valence-corrected chi connectivity index (χ3v) is 6.85. The highest BCUT2D eigenvalue weighted by Crippen LogP contribution is 2.65. The normalized spacial score (nSPS) is 36.7. The Hall–Kier alpha value is -1.98. The minimum Gasteiger partial charge on any atom is -0.493 e. The van der Waals surface area contributed by atoms with E-state index in [1.807, 2.05) is 19.1 Å².